The van der Waals surface area contributed by atoms with E-state index in [1.807, 2.05) is 24.3 Å². The number of rotatable bonds is 4. The number of benzene rings is 1. The highest BCUT2D eigenvalue weighted by atomic mass is 16.5. The molecule has 0 aliphatic carbocycles. The first kappa shape index (κ1) is 17.1. The molecule has 0 radical (unpaired) electrons. The molecule has 2 aromatic rings. The van der Waals surface area contributed by atoms with E-state index in [0.717, 1.165) is 29.9 Å². The maximum Gasteiger partial charge on any atom is 0.276 e. The molecule has 0 saturated carbocycles. The molecule has 6 nitrogen and oxygen atoms in total. The predicted octanol–water partition coefficient (Wildman–Crippen LogP) is 2.31. The SMILES string of the molecule is CCCc1cc(C(=O)N2C[C@H]3COc4ccccc4C[C@@]3(CO)C2)no1. The summed E-state index contributed by atoms with van der Waals surface area (Å²) in [7, 11) is 0. The van der Waals surface area contributed by atoms with Crippen LogP contribution < -0.4 is 4.74 Å². The van der Waals surface area contributed by atoms with Gasteiger partial charge in [0.1, 0.15) is 11.5 Å². The second-order valence-corrected chi connectivity index (χ2v) is 7.43. The van der Waals surface area contributed by atoms with E-state index >= 15 is 0 Å². The Morgan fingerprint density at radius 3 is 3.08 bits per heavy atom. The second-order valence-electron chi connectivity index (χ2n) is 7.43. The molecule has 3 heterocycles. The molecule has 6 heteroatoms. The minimum atomic E-state index is -0.377. The minimum absolute atomic E-state index is 0.0268. The topological polar surface area (TPSA) is 75.8 Å². The van der Waals surface area contributed by atoms with Crippen molar-refractivity contribution >= 4 is 5.91 Å². The zero-order chi connectivity index (χ0) is 18.1. The van der Waals surface area contributed by atoms with E-state index in [4.69, 9.17) is 9.26 Å². The number of aliphatic hydroxyl groups is 1. The van der Waals surface area contributed by atoms with Gasteiger partial charge in [0.2, 0.25) is 0 Å². The molecule has 1 aromatic heterocycles. The van der Waals surface area contributed by atoms with Gasteiger partial charge in [-0.2, -0.15) is 0 Å². The Morgan fingerprint density at radius 1 is 1.42 bits per heavy atom. The molecule has 138 valence electrons. The summed E-state index contributed by atoms with van der Waals surface area (Å²) in [5.41, 5.74) is 1.06. The van der Waals surface area contributed by atoms with Gasteiger partial charge < -0.3 is 19.3 Å². The number of aliphatic hydroxyl groups excluding tert-OH is 1. The van der Waals surface area contributed by atoms with Gasteiger partial charge in [-0.05, 0) is 24.5 Å². The molecule has 1 fully saturated rings. The monoisotopic (exact) mass is 356 g/mol. The van der Waals surface area contributed by atoms with Crippen molar-refractivity contribution in [3.8, 4) is 5.75 Å². The molecule has 4 rings (SSSR count). The van der Waals surface area contributed by atoms with Crippen LogP contribution in [0.25, 0.3) is 0 Å². The quantitative estimate of drug-likeness (QED) is 0.910. The number of aryl methyl sites for hydroxylation is 1. The molecule has 1 aromatic carbocycles. The first-order valence-corrected chi connectivity index (χ1v) is 9.21. The molecule has 2 atom stereocenters. The summed E-state index contributed by atoms with van der Waals surface area (Å²) in [6, 6.07) is 9.68. The minimum Gasteiger partial charge on any atom is -0.493 e. The number of aromatic nitrogens is 1. The number of hydrogen-bond acceptors (Lipinski definition) is 5. The van der Waals surface area contributed by atoms with Crippen LogP contribution in [0, 0.1) is 11.3 Å². The molecule has 0 bridgehead atoms. The fraction of sp³-hybridized carbons (Fsp3) is 0.500. The van der Waals surface area contributed by atoms with Gasteiger partial charge >= 0.3 is 0 Å². The van der Waals surface area contributed by atoms with Crippen molar-refractivity contribution in [2.75, 3.05) is 26.3 Å². The van der Waals surface area contributed by atoms with Crippen molar-refractivity contribution in [1.29, 1.82) is 0 Å². The Kier molecular flexibility index (Phi) is 4.44. The third-order valence-corrected chi connectivity index (χ3v) is 5.64. The Hall–Kier alpha value is -2.34. The van der Waals surface area contributed by atoms with Crippen molar-refractivity contribution in [3.63, 3.8) is 0 Å². The number of fused-ring (bicyclic) bond motifs is 2. The van der Waals surface area contributed by atoms with E-state index in [1.54, 1.807) is 11.0 Å². The Morgan fingerprint density at radius 2 is 2.27 bits per heavy atom. The van der Waals surface area contributed by atoms with E-state index < -0.39 is 0 Å². The van der Waals surface area contributed by atoms with Gasteiger partial charge in [0.15, 0.2) is 5.69 Å². The summed E-state index contributed by atoms with van der Waals surface area (Å²) in [5.74, 6) is 1.57. The third-order valence-electron chi connectivity index (χ3n) is 5.64. The van der Waals surface area contributed by atoms with Gasteiger partial charge in [-0.3, -0.25) is 4.79 Å². The first-order chi connectivity index (χ1) is 12.6. The van der Waals surface area contributed by atoms with E-state index in [1.165, 1.54) is 0 Å². The maximum atomic E-state index is 12.9. The molecular weight excluding hydrogens is 332 g/mol. The average molecular weight is 356 g/mol. The smallest absolute Gasteiger partial charge is 0.276 e. The van der Waals surface area contributed by atoms with Crippen LogP contribution in [0.5, 0.6) is 5.75 Å². The largest absolute Gasteiger partial charge is 0.493 e. The number of ether oxygens (including phenoxy) is 1. The van der Waals surface area contributed by atoms with Crippen LogP contribution in [0.1, 0.15) is 35.2 Å². The lowest BCUT2D eigenvalue weighted by Gasteiger charge is -2.30. The lowest BCUT2D eigenvalue weighted by Crippen LogP contribution is -2.38. The molecule has 2 aliphatic rings. The fourth-order valence-corrected chi connectivity index (χ4v) is 4.15. The predicted molar refractivity (Wildman–Crippen MR) is 95.1 cm³/mol. The van der Waals surface area contributed by atoms with Gasteiger partial charge in [0, 0.05) is 36.9 Å². The average Bonchev–Trinajstić information content (AvgIpc) is 3.23. The molecule has 1 N–H and O–H groups in total. The summed E-state index contributed by atoms with van der Waals surface area (Å²) in [6.07, 6.45) is 2.42. The summed E-state index contributed by atoms with van der Waals surface area (Å²) >= 11 is 0. The van der Waals surface area contributed by atoms with E-state index in [0.29, 0.717) is 31.8 Å². The Labute approximate surface area is 152 Å². The van der Waals surface area contributed by atoms with E-state index in [-0.39, 0.29) is 23.8 Å². The molecular formula is C20H24N2O4. The van der Waals surface area contributed by atoms with Gasteiger partial charge in [-0.1, -0.05) is 30.3 Å². The van der Waals surface area contributed by atoms with Crippen molar-refractivity contribution < 1.29 is 19.2 Å². The highest BCUT2D eigenvalue weighted by Gasteiger charge is 2.49. The maximum absolute atomic E-state index is 12.9. The van der Waals surface area contributed by atoms with Gasteiger partial charge in [-0.25, -0.2) is 0 Å². The number of para-hydroxylation sites is 1. The highest BCUT2D eigenvalue weighted by Crippen LogP contribution is 2.43. The molecule has 1 saturated heterocycles. The van der Waals surface area contributed by atoms with Crippen LogP contribution in [-0.4, -0.2) is 47.4 Å². The number of amides is 1. The van der Waals surface area contributed by atoms with Crippen LogP contribution in [-0.2, 0) is 12.8 Å². The number of nitrogens with zero attached hydrogens (tertiary/aromatic N) is 2. The normalized spacial score (nSPS) is 24.5. The fourth-order valence-electron chi connectivity index (χ4n) is 4.15. The molecule has 2 aliphatic heterocycles. The molecule has 0 spiro atoms. The summed E-state index contributed by atoms with van der Waals surface area (Å²) in [5, 5.41) is 14.2. The first-order valence-electron chi connectivity index (χ1n) is 9.21. The zero-order valence-corrected chi connectivity index (χ0v) is 15.0. The van der Waals surface area contributed by atoms with Crippen LogP contribution in [0.2, 0.25) is 0 Å². The molecule has 26 heavy (non-hydrogen) atoms. The lowest BCUT2D eigenvalue weighted by atomic mass is 9.75. The third kappa shape index (κ3) is 2.88. The van der Waals surface area contributed by atoms with Crippen molar-refractivity contribution in [3.05, 3.63) is 47.3 Å². The van der Waals surface area contributed by atoms with Gasteiger partial charge in [-0.15, -0.1) is 0 Å². The van der Waals surface area contributed by atoms with Gasteiger partial charge in [0.25, 0.3) is 5.91 Å². The van der Waals surface area contributed by atoms with E-state index in [2.05, 4.69) is 12.1 Å². The summed E-state index contributed by atoms with van der Waals surface area (Å²) in [4.78, 5) is 14.7. The number of hydrogen-bond donors (Lipinski definition) is 1. The standard InChI is InChI=1S/C20H24N2O4/c1-2-5-16-8-17(21-26-16)19(24)22-10-15-11-25-18-7-4-3-6-14(18)9-20(15,12-22)13-23/h3-4,6-8,15,23H,2,5,9-13H2,1H3/t15-,20-/m0/s1. The van der Waals surface area contributed by atoms with Crippen LogP contribution >= 0.6 is 0 Å². The number of carbonyl (C=O) groups is 1. The van der Waals surface area contributed by atoms with Crippen molar-refractivity contribution in [1.82, 2.24) is 10.1 Å². The van der Waals surface area contributed by atoms with Gasteiger partial charge in [0.05, 0.1) is 13.2 Å². The van der Waals surface area contributed by atoms with Crippen LogP contribution in [0.15, 0.2) is 34.9 Å². The Balaban J connectivity index is 1.56. The highest BCUT2D eigenvalue weighted by molar-refractivity contribution is 5.92. The van der Waals surface area contributed by atoms with Crippen LogP contribution in [0.4, 0.5) is 0 Å². The second kappa shape index (κ2) is 6.76. The number of carbonyl (C=O) groups excluding carboxylic acids is 1. The summed E-state index contributed by atoms with van der Waals surface area (Å²) < 4.78 is 11.2. The van der Waals surface area contributed by atoms with Crippen LogP contribution in [0.3, 0.4) is 0 Å². The lowest BCUT2D eigenvalue weighted by molar-refractivity contribution is 0.0688. The number of likely N-dealkylation sites (tertiary alicyclic amines) is 1. The van der Waals surface area contributed by atoms with E-state index in [9.17, 15) is 9.90 Å². The Bertz CT molecular complexity index is 803. The van der Waals surface area contributed by atoms with Crippen molar-refractivity contribution in [2.24, 2.45) is 11.3 Å². The molecule has 1 amide bonds. The van der Waals surface area contributed by atoms with Crippen molar-refractivity contribution in [2.45, 2.75) is 26.2 Å². The zero-order valence-electron chi connectivity index (χ0n) is 15.0. The summed E-state index contributed by atoms with van der Waals surface area (Å²) in [6.45, 7) is 3.64. The molecule has 0 unspecified atom stereocenters.